The average molecular weight is 510 g/mol. The summed E-state index contributed by atoms with van der Waals surface area (Å²) in [5.74, 6) is -0.531. The van der Waals surface area contributed by atoms with Crippen LogP contribution in [0.5, 0.6) is 0 Å². The van der Waals surface area contributed by atoms with E-state index in [2.05, 4.69) is 15.6 Å². The molecule has 0 radical (unpaired) electrons. The van der Waals surface area contributed by atoms with Crippen LogP contribution < -0.4 is 10.6 Å². The zero-order chi connectivity index (χ0) is 25.5. The summed E-state index contributed by atoms with van der Waals surface area (Å²) in [4.78, 5) is 39.8. The molecular weight excluding hydrogens is 482 g/mol. The minimum Gasteiger partial charge on any atom is -0.481 e. The zero-order valence-corrected chi connectivity index (χ0v) is 20.5. The van der Waals surface area contributed by atoms with Gasteiger partial charge in [0.25, 0.3) is 5.91 Å². The number of nitrogens with one attached hydrogen (secondary N) is 2. The highest BCUT2D eigenvalue weighted by atomic mass is 35.5. The lowest BCUT2D eigenvalue weighted by Gasteiger charge is -2.28. The molecular formula is C27H28ClN3O5. The fraction of sp³-hybridized carbons (Fsp3) is 0.333. The summed E-state index contributed by atoms with van der Waals surface area (Å²) in [6, 6.07) is 16.9. The predicted octanol–water partition coefficient (Wildman–Crippen LogP) is 5.50. The van der Waals surface area contributed by atoms with E-state index in [0.717, 1.165) is 25.7 Å². The molecule has 36 heavy (non-hydrogen) atoms. The summed E-state index contributed by atoms with van der Waals surface area (Å²) in [6.07, 6.45) is 4.14. The van der Waals surface area contributed by atoms with Gasteiger partial charge in [0.05, 0.1) is 0 Å². The molecule has 0 spiro atoms. The first-order chi connectivity index (χ1) is 17.4. The summed E-state index contributed by atoms with van der Waals surface area (Å²) >= 11 is 6.04. The van der Waals surface area contributed by atoms with Crippen LogP contribution in [0.3, 0.4) is 0 Å². The third-order valence-electron chi connectivity index (χ3n) is 6.44. The second-order valence-electron chi connectivity index (χ2n) is 9.00. The zero-order valence-electron chi connectivity index (χ0n) is 19.7. The third kappa shape index (κ3) is 6.73. The number of benzene rings is 2. The van der Waals surface area contributed by atoms with Gasteiger partial charge < -0.3 is 20.2 Å². The predicted molar refractivity (Wildman–Crippen MR) is 136 cm³/mol. The summed E-state index contributed by atoms with van der Waals surface area (Å²) in [5, 5.41) is 14.3. The van der Waals surface area contributed by atoms with Crippen molar-refractivity contribution >= 4 is 35.1 Å². The molecule has 0 saturated heterocycles. The van der Waals surface area contributed by atoms with Gasteiger partial charge in [0, 0.05) is 30.6 Å². The highest BCUT2D eigenvalue weighted by molar-refractivity contribution is 6.31. The Hall–Kier alpha value is -3.65. The van der Waals surface area contributed by atoms with Crippen LogP contribution >= 0.6 is 11.6 Å². The van der Waals surface area contributed by atoms with Crippen molar-refractivity contribution in [3.05, 3.63) is 71.1 Å². The molecule has 188 valence electrons. The fourth-order valence-corrected chi connectivity index (χ4v) is 4.73. The molecule has 3 aromatic rings. The molecule has 3 N–H and O–H groups in total. The maximum Gasteiger partial charge on any atom is 0.303 e. The summed E-state index contributed by atoms with van der Waals surface area (Å²) in [6.45, 7) is 0.117. The second-order valence-corrected chi connectivity index (χ2v) is 9.34. The first-order valence-electron chi connectivity index (χ1n) is 12.0. The average Bonchev–Trinajstić information content (AvgIpc) is 3.27. The highest BCUT2D eigenvalue weighted by Crippen LogP contribution is 2.37. The van der Waals surface area contributed by atoms with E-state index in [9.17, 15) is 14.4 Å². The number of aliphatic carboxylic acids is 1. The Labute approximate surface area is 214 Å². The molecule has 1 aliphatic carbocycles. The van der Waals surface area contributed by atoms with Crippen molar-refractivity contribution in [1.82, 2.24) is 10.3 Å². The molecule has 2 aromatic carbocycles. The van der Waals surface area contributed by atoms with Crippen molar-refractivity contribution in [1.29, 1.82) is 0 Å². The van der Waals surface area contributed by atoms with E-state index >= 15 is 0 Å². The van der Waals surface area contributed by atoms with Crippen LogP contribution in [0.25, 0.3) is 11.5 Å². The van der Waals surface area contributed by atoms with E-state index in [1.54, 1.807) is 12.1 Å². The first-order valence-corrected chi connectivity index (χ1v) is 12.4. The van der Waals surface area contributed by atoms with Crippen molar-refractivity contribution in [2.24, 2.45) is 5.92 Å². The van der Waals surface area contributed by atoms with Crippen LogP contribution in [0, 0.1) is 5.92 Å². The molecule has 0 atom stereocenters. The Morgan fingerprint density at radius 2 is 1.69 bits per heavy atom. The van der Waals surface area contributed by atoms with Gasteiger partial charge >= 0.3 is 5.97 Å². The molecule has 0 unspecified atom stereocenters. The van der Waals surface area contributed by atoms with Crippen molar-refractivity contribution < 1.29 is 23.9 Å². The van der Waals surface area contributed by atoms with Gasteiger partial charge in [-0.25, -0.2) is 4.98 Å². The maximum atomic E-state index is 12.4. The minimum absolute atomic E-state index is 0.0245. The molecule has 8 nitrogen and oxygen atoms in total. The van der Waals surface area contributed by atoms with Crippen LogP contribution in [0.4, 0.5) is 5.69 Å². The monoisotopic (exact) mass is 509 g/mol. The number of carbonyl (C=O) groups is 3. The van der Waals surface area contributed by atoms with E-state index < -0.39 is 11.9 Å². The maximum absolute atomic E-state index is 12.4. The minimum atomic E-state index is -0.725. The van der Waals surface area contributed by atoms with E-state index in [0.29, 0.717) is 17.2 Å². The first kappa shape index (κ1) is 25.4. The standard InChI is InChI=1S/C27H28ClN3O5/c28-25-24(31-27(36-25)20-4-2-1-3-5-20)26(35)29-15-14-22(32)30-21-12-10-19(11-13-21)18-8-6-17(7-9-18)16-23(33)34/h1-5,10-13,17-18H,6-9,14-16H2,(H,29,35)(H,30,32)(H,33,34)/t17-,18-. The fourth-order valence-electron chi connectivity index (χ4n) is 4.53. The van der Waals surface area contributed by atoms with Gasteiger partial charge in [-0.3, -0.25) is 14.4 Å². The number of carboxylic acids is 1. The Balaban J connectivity index is 1.21. The van der Waals surface area contributed by atoms with Gasteiger partial charge in [0.2, 0.25) is 17.0 Å². The molecule has 9 heteroatoms. The van der Waals surface area contributed by atoms with Crippen molar-refractivity contribution in [3.63, 3.8) is 0 Å². The lowest BCUT2D eigenvalue weighted by molar-refractivity contribution is -0.138. The van der Waals surface area contributed by atoms with E-state index in [1.807, 2.05) is 42.5 Å². The molecule has 1 aromatic heterocycles. The number of nitrogens with zero attached hydrogens (tertiary/aromatic N) is 1. The van der Waals surface area contributed by atoms with Crippen LogP contribution in [0.15, 0.2) is 59.0 Å². The second kappa shape index (κ2) is 11.9. The van der Waals surface area contributed by atoms with Crippen LogP contribution in [-0.4, -0.2) is 34.4 Å². The molecule has 1 aliphatic rings. The van der Waals surface area contributed by atoms with Gasteiger partial charge in [0.15, 0.2) is 5.69 Å². The number of oxazole rings is 1. The van der Waals surface area contributed by atoms with E-state index in [-0.39, 0.29) is 48.0 Å². The van der Waals surface area contributed by atoms with Crippen molar-refractivity contribution in [2.75, 3.05) is 11.9 Å². The Morgan fingerprint density at radius 3 is 2.36 bits per heavy atom. The SMILES string of the molecule is O=C(O)C[C@H]1CC[C@H](c2ccc(NC(=O)CCNC(=O)c3nc(-c4ccccc4)oc3Cl)cc2)CC1. The van der Waals surface area contributed by atoms with Crippen LogP contribution in [0.1, 0.15) is 60.5 Å². The Bertz CT molecular complexity index is 1200. The molecule has 1 fully saturated rings. The van der Waals surface area contributed by atoms with Gasteiger partial charge in [0.1, 0.15) is 0 Å². The highest BCUT2D eigenvalue weighted by Gasteiger charge is 2.24. The summed E-state index contributed by atoms with van der Waals surface area (Å²) in [5.41, 5.74) is 2.56. The largest absolute Gasteiger partial charge is 0.481 e. The number of anilines is 1. The van der Waals surface area contributed by atoms with Crippen LogP contribution in [0.2, 0.25) is 5.22 Å². The summed E-state index contributed by atoms with van der Waals surface area (Å²) in [7, 11) is 0. The molecule has 1 saturated carbocycles. The van der Waals surface area contributed by atoms with E-state index in [1.165, 1.54) is 5.56 Å². The Kier molecular flexibility index (Phi) is 8.38. The van der Waals surface area contributed by atoms with E-state index in [4.69, 9.17) is 21.1 Å². The number of halogens is 1. The number of carboxylic acid groups (broad SMARTS) is 1. The third-order valence-corrected chi connectivity index (χ3v) is 6.69. The Morgan fingerprint density at radius 1 is 1.00 bits per heavy atom. The number of rotatable bonds is 9. The molecule has 0 bridgehead atoms. The van der Waals surface area contributed by atoms with Crippen molar-refractivity contribution in [3.8, 4) is 11.5 Å². The number of hydrogen-bond donors (Lipinski definition) is 3. The topological polar surface area (TPSA) is 122 Å². The van der Waals surface area contributed by atoms with Gasteiger partial charge in [-0.2, -0.15) is 0 Å². The smallest absolute Gasteiger partial charge is 0.303 e. The quantitative estimate of drug-likeness (QED) is 0.350. The van der Waals surface area contributed by atoms with Gasteiger partial charge in [-0.05, 0) is 78.9 Å². The van der Waals surface area contributed by atoms with Crippen LogP contribution in [-0.2, 0) is 9.59 Å². The lowest BCUT2D eigenvalue weighted by atomic mass is 9.77. The molecule has 4 rings (SSSR count). The number of amides is 2. The van der Waals surface area contributed by atoms with Crippen molar-refractivity contribution in [2.45, 2.75) is 44.4 Å². The summed E-state index contributed by atoms with van der Waals surface area (Å²) < 4.78 is 5.39. The number of hydrogen-bond acceptors (Lipinski definition) is 5. The number of carbonyl (C=O) groups excluding carboxylic acids is 2. The molecule has 2 amide bonds. The lowest BCUT2D eigenvalue weighted by Crippen LogP contribution is -2.28. The molecule has 1 heterocycles. The van der Waals surface area contributed by atoms with Gasteiger partial charge in [-0.15, -0.1) is 0 Å². The normalized spacial score (nSPS) is 17.4. The molecule has 0 aliphatic heterocycles. The van der Waals surface area contributed by atoms with Gasteiger partial charge in [-0.1, -0.05) is 30.3 Å². The number of aromatic nitrogens is 1.